The highest BCUT2D eigenvalue weighted by atomic mass is 35.5. The summed E-state index contributed by atoms with van der Waals surface area (Å²) in [4.78, 5) is 12.5. The summed E-state index contributed by atoms with van der Waals surface area (Å²) in [7, 11) is 1.48. The van der Waals surface area contributed by atoms with Crippen LogP contribution in [0.3, 0.4) is 0 Å². The van der Waals surface area contributed by atoms with Gasteiger partial charge in [-0.05, 0) is 23.8 Å². The molecule has 0 fully saturated rings. The molecule has 0 aromatic heterocycles. The summed E-state index contributed by atoms with van der Waals surface area (Å²) in [6, 6.07) is 15.8. The van der Waals surface area contributed by atoms with E-state index in [0.29, 0.717) is 21.9 Å². The average Bonchev–Trinajstić information content (AvgIpc) is 2.49. The van der Waals surface area contributed by atoms with Crippen molar-refractivity contribution >= 4 is 17.4 Å². The van der Waals surface area contributed by atoms with Gasteiger partial charge in [0.05, 0.1) is 18.7 Å². The Morgan fingerprint density at radius 2 is 1.95 bits per heavy atom. The number of ketones is 1. The van der Waals surface area contributed by atoms with E-state index in [9.17, 15) is 10.1 Å². The summed E-state index contributed by atoms with van der Waals surface area (Å²) < 4.78 is 5.16. The van der Waals surface area contributed by atoms with Crippen LogP contribution in [0, 0.1) is 11.3 Å². The molecular weight excluding hydrogens is 274 g/mol. The number of nitriles is 1. The van der Waals surface area contributed by atoms with E-state index in [4.69, 9.17) is 16.3 Å². The Hall–Kier alpha value is -2.31. The van der Waals surface area contributed by atoms with Crippen molar-refractivity contribution in [2.75, 3.05) is 7.11 Å². The molecule has 0 saturated heterocycles. The molecule has 2 aromatic carbocycles. The number of halogens is 1. The van der Waals surface area contributed by atoms with Crippen molar-refractivity contribution < 1.29 is 9.53 Å². The van der Waals surface area contributed by atoms with Crippen molar-refractivity contribution in [2.24, 2.45) is 0 Å². The van der Waals surface area contributed by atoms with E-state index in [2.05, 4.69) is 0 Å². The molecule has 0 aliphatic carbocycles. The maximum Gasteiger partial charge on any atom is 0.188 e. The second-order valence-corrected chi connectivity index (χ2v) is 4.62. The fourth-order valence-corrected chi connectivity index (χ4v) is 2.13. The molecule has 2 aromatic rings. The van der Waals surface area contributed by atoms with Gasteiger partial charge in [0, 0.05) is 5.02 Å². The van der Waals surface area contributed by atoms with Crippen molar-refractivity contribution in [1.29, 1.82) is 5.26 Å². The zero-order chi connectivity index (χ0) is 14.5. The van der Waals surface area contributed by atoms with Gasteiger partial charge < -0.3 is 4.74 Å². The highest BCUT2D eigenvalue weighted by molar-refractivity contribution is 6.31. The molecule has 3 nitrogen and oxygen atoms in total. The SMILES string of the molecule is COc1ccc(Cl)cc1C(=O)C(C#N)c1ccccc1. The highest BCUT2D eigenvalue weighted by Gasteiger charge is 2.24. The number of Topliss-reactive ketones (excluding diaryl/α,β-unsaturated/α-hetero) is 1. The number of carbonyl (C=O) groups is 1. The lowest BCUT2D eigenvalue weighted by Gasteiger charge is -2.12. The van der Waals surface area contributed by atoms with E-state index >= 15 is 0 Å². The maximum absolute atomic E-state index is 12.5. The standard InChI is InChI=1S/C16H12ClNO2/c1-20-15-8-7-12(17)9-13(15)16(19)14(10-18)11-5-3-2-4-6-11/h2-9,14H,1H3. The lowest BCUT2D eigenvalue weighted by Crippen LogP contribution is -2.12. The highest BCUT2D eigenvalue weighted by Crippen LogP contribution is 2.28. The summed E-state index contributed by atoms with van der Waals surface area (Å²) in [5.74, 6) is -0.780. The second-order valence-electron chi connectivity index (χ2n) is 4.18. The van der Waals surface area contributed by atoms with Crippen molar-refractivity contribution in [1.82, 2.24) is 0 Å². The molecule has 0 aliphatic heterocycles. The van der Waals surface area contributed by atoms with Crippen LogP contribution in [-0.4, -0.2) is 12.9 Å². The van der Waals surface area contributed by atoms with E-state index in [1.807, 2.05) is 12.1 Å². The Morgan fingerprint density at radius 1 is 1.25 bits per heavy atom. The third-order valence-corrected chi connectivity index (χ3v) is 3.19. The lowest BCUT2D eigenvalue weighted by atomic mass is 9.91. The van der Waals surface area contributed by atoms with Gasteiger partial charge >= 0.3 is 0 Å². The molecule has 0 bridgehead atoms. The van der Waals surface area contributed by atoms with Gasteiger partial charge in [-0.1, -0.05) is 41.9 Å². The lowest BCUT2D eigenvalue weighted by molar-refractivity contribution is 0.0976. The Balaban J connectivity index is 2.45. The van der Waals surface area contributed by atoms with Gasteiger partial charge in [0.2, 0.25) is 0 Å². The van der Waals surface area contributed by atoms with E-state index in [0.717, 1.165) is 0 Å². The zero-order valence-electron chi connectivity index (χ0n) is 10.8. The molecule has 4 heteroatoms. The van der Waals surface area contributed by atoms with Gasteiger partial charge in [0.25, 0.3) is 0 Å². The van der Waals surface area contributed by atoms with Gasteiger partial charge in [-0.25, -0.2) is 0 Å². The van der Waals surface area contributed by atoms with E-state index in [-0.39, 0.29) is 5.78 Å². The number of benzene rings is 2. The molecule has 1 atom stereocenters. The molecule has 20 heavy (non-hydrogen) atoms. The van der Waals surface area contributed by atoms with Crippen LogP contribution in [0.1, 0.15) is 21.8 Å². The van der Waals surface area contributed by atoms with Crippen LogP contribution in [0.4, 0.5) is 0 Å². The second kappa shape index (κ2) is 6.23. The number of hydrogen-bond donors (Lipinski definition) is 0. The third-order valence-electron chi connectivity index (χ3n) is 2.95. The molecule has 1 unspecified atom stereocenters. The summed E-state index contributed by atoms with van der Waals surface area (Å²) >= 11 is 5.92. The summed E-state index contributed by atoms with van der Waals surface area (Å²) in [6.07, 6.45) is 0. The molecule has 100 valence electrons. The first kappa shape index (κ1) is 14.1. The first-order valence-corrected chi connectivity index (χ1v) is 6.37. The Bertz CT molecular complexity index is 662. The Labute approximate surface area is 122 Å². The zero-order valence-corrected chi connectivity index (χ0v) is 11.6. The quantitative estimate of drug-likeness (QED) is 0.802. The van der Waals surface area contributed by atoms with E-state index in [1.54, 1.807) is 36.4 Å². The number of hydrogen-bond acceptors (Lipinski definition) is 3. The van der Waals surface area contributed by atoms with Crippen LogP contribution in [0.15, 0.2) is 48.5 Å². The van der Waals surface area contributed by atoms with Gasteiger partial charge in [0.15, 0.2) is 5.78 Å². The number of carbonyl (C=O) groups excluding carboxylic acids is 1. The predicted octanol–water partition coefficient (Wildman–Crippen LogP) is 3.84. The maximum atomic E-state index is 12.5. The summed E-state index contributed by atoms with van der Waals surface area (Å²) in [5, 5.41) is 9.73. The van der Waals surface area contributed by atoms with E-state index < -0.39 is 5.92 Å². The smallest absolute Gasteiger partial charge is 0.188 e. The number of ether oxygens (including phenoxy) is 1. The fourth-order valence-electron chi connectivity index (χ4n) is 1.96. The predicted molar refractivity (Wildman–Crippen MR) is 77.1 cm³/mol. The van der Waals surface area contributed by atoms with Gasteiger partial charge in [0.1, 0.15) is 11.7 Å². The van der Waals surface area contributed by atoms with Crippen LogP contribution in [-0.2, 0) is 0 Å². The van der Waals surface area contributed by atoms with Crippen molar-refractivity contribution in [2.45, 2.75) is 5.92 Å². The van der Waals surface area contributed by atoms with Crippen LogP contribution >= 0.6 is 11.6 Å². The van der Waals surface area contributed by atoms with Gasteiger partial charge in [-0.3, -0.25) is 4.79 Å². The monoisotopic (exact) mass is 285 g/mol. The molecule has 0 spiro atoms. The van der Waals surface area contributed by atoms with E-state index in [1.165, 1.54) is 13.2 Å². The first-order valence-electron chi connectivity index (χ1n) is 5.99. The average molecular weight is 286 g/mol. The normalized spacial score (nSPS) is 11.4. The molecular formula is C16H12ClNO2. The van der Waals surface area contributed by atoms with Gasteiger partial charge in [-0.2, -0.15) is 5.26 Å². The van der Waals surface area contributed by atoms with Crippen molar-refractivity contribution in [3.8, 4) is 11.8 Å². The molecule has 0 amide bonds. The minimum atomic E-state index is -0.872. The van der Waals surface area contributed by atoms with Crippen LogP contribution in [0.5, 0.6) is 5.75 Å². The largest absolute Gasteiger partial charge is 0.496 e. The van der Waals surface area contributed by atoms with Crippen LogP contribution in [0.2, 0.25) is 5.02 Å². The minimum absolute atomic E-state index is 0.315. The Morgan fingerprint density at radius 3 is 2.55 bits per heavy atom. The number of nitrogens with zero attached hydrogens (tertiary/aromatic N) is 1. The number of methoxy groups -OCH3 is 1. The fraction of sp³-hybridized carbons (Fsp3) is 0.125. The first-order chi connectivity index (χ1) is 9.67. The molecule has 0 saturated carbocycles. The topological polar surface area (TPSA) is 50.1 Å². The van der Waals surface area contributed by atoms with Crippen molar-refractivity contribution in [3.05, 3.63) is 64.7 Å². The minimum Gasteiger partial charge on any atom is -0.496 e. The molecule has 2 rings (SSSR count). The summed E-state index contributed by atoms with van der Waals surface area (Å²) in [6.45, 7) is 0. The van der Waals surface area contributed by atoms with Crippen LogP contribution < -0.4 is 4.74 Å². The Kier molecular flexibility index (Phi) is 4.39. The number of rotatable bonds is 4. The van der Waals surface area contributed by atoms with Crippen LogP contribution in [0.25, 0.3) is 0 Å². The molecule has 0 heterocycles. The van der Waals surface area contributed by atoms with Gasteiger partial charge in [-0.15, -0.1) is 0 Å². The molecule has 0 N–H and O–H groups in total. The third kappa shape index (κ3) is 2.81. The molecule has 0 radical (unpaired) electrons. The van der Waals surface area contributed by atoms with Crippen molar-refractivity contribution in [3.63, 3.8) is 0 Å². The summed E-state index contributed by atoms with van der Waals surface area (Å²) in [5.41, 5.74) is 0.970. The molecule has 0 aliphatic rings.